The van der Waals surface area contributed by atoms with Crippen molar-refractivity contribution in [2.75, 3.05) is 6.61 Å². The molecule has 0 aliphatic heterocycles. The first-order valence-corrected chi connectivity index (χ1v) is 8.49. The Balaban J connectivity index is 1.93. The fraction of sp³-hybridized carbons (Fsp3) is 0.571. The molecule has 2 N–H and O–H groups in total. The Morgan fingerprint density at radius 1 is 1.20 bits per heavy atom. The minimum Gasteiger partial charge on any atom is -0.396 e. The lowest BCUT2D eigenvalue weighted by Gasteiger charge is -2.27. The van der Waals surface area contributed by atoms with Gasteiger partial charge in [0.1, 0.15) is 5.82 Å². The highest BCUT2D eigenvalue weighted by Gasteiger charge is 2.25. The molecule has 6 heteroatoms. The lowest BCUT2D eigenvalue weighted by molar-refractivity contribution is 0.180. The first kappa shape index (κ1) is 15.4. The van der Waals surface area contributed by atoms with Gasteiger partial charge in [0.2, 0.25) is 10.0 Å². The Morgan fingerprint density at radius 2 is 1.85 bits per heavy atom. The molecule has 1 aliphatic rings. The maximum atomic E-state index is 13.5. The van der Waals surface area contributed by atoms with Gasteiger partial charge in [0.15, 0.2) is 0 Å². The summed E-state index contributed by atoms with van der Waals surface area (Å²) in [5, 5.41) is 9.05. The number of nitrogens with one attached hydrogen (secondary N) is 1. The van der Waals surface area contributed by atoms with Crippen LogP contribution in [0.1, 0.15) is 31.2 Å². The van der Waals surface area contributed by atoms with Crippen molar-refractivity contribution in [3.8, 4) is 0 Å². The molecule has 1 aromatic rings. The third kappa shape index (κ3) is 4.26. The molecule has 0 aromatic heterocycles. The van der Waals surface area contributed by atoms with Gasteiger partial charge in [-0.25, -0.2) is 17.5 Å². The molecular weight excluding hydrogens is 281 g/mol. The van der Waals surface area contributed by atoms with Crippen molar-refractivity contribution in [1.82, 2.24) is 4.72 Å². The average Bonchev–Trinajstić information content (AvgIpc) is 2.41. The topological polar surface area (TPSA) is 66.4 Å². The molecular formula is C14H20FNO3S. The van der Waals surface area contributed by atoms with Crippen LogP contribution in [0.15, 0.2) is 24.3 Å². The van der Waals surface area contributed by atoms with Crippen LogP contribution in [0, 0.1) is 11.7 Å². The van der Waals surface area contributed by atoms with Gasteiger partial charge in [0.25, 0.3) is 0 Å². The van der Waals surface area contributed by atoms with Gasteiger partial charge in [-0.15, -0.1) is 0 Å². The Kier molecular flexibility index (Phi) is 5.12. The Labute approximate surface area is 119 Å². The van der Waals surface area contributed by atoms with E-state index >= 15 is 0 Å². The lowest BCUT2D eigenvalue weighted by atomic mass is 9.87. The third-order valence-electron chi connectivity index (χ3n) is 3.75. The molecule has 1 saturated carbocycles. The molecule has 0 saturated heterocycles. The van der Waals surface area contributed by atoms with Crippen molar-refractivity contribution in [1.29, 1.82) is 0 Å². The van der Waals surface area contributed by atoms with Crippen LogP contribution in [0.4, 0.5) is 4.39 Å². The highest BCUT2D eigenvalue weighted by atomic mass is 32.2. The van der Waals surface area contributed by atoms with Crippen LogP contribution in [0.25, 0.3) is 0 Å². The van der Waals surface area contributed by atoms with Crippen LogP contribution >= 0.6 is 0 Å². The number of hydrogen-bond acceptors (Lipinski definition) is 3. The summed E-state index contributed by atoms with van der Waals surface area (Å²) in [7, 11) is -3.53. The highest BCUT2D eigenvalue weighted by Crippen LogP contribution is 2.24. The maximum absolute atomic E-state index is 13.5. The van der Waals surface area contributed by atoms with E-state index in [2.05, 4.69) is 4.72 Å². The first-order chi connectivity index (χ1) is 9.50. The zero-order chi connectivity index (χ0) is 14.6. The van der Waals surface area contributed by atoms with E-state index in [0.29, 0.717) is 0 Å². The van der Waals surface area contributed by atoms with Crippen LogP contribution in [0.5, 0.6) is 0 Å². The molecule has 1 fully saturated rings. The molecule has 112 valence electrons. The monoisotopic (exact) mass is 301 g/mol. The van der Waals surface area contributed by atoms with Gasteiger partial charge in [-0.3, -0.25) is 0 Å². The SMILES string of the molecule is O=S(=O)(Cc1ccccc1F)NC1CCC(CO)CC1. The second kappa shape index (κ2) is 6.65. The zero-order valence-corrected chi connectivity index (χ0v) is 12.1. The smallest absolute Gasteiger partial charge is 0.216 e. The second-order valence-electron chi connectivity index (χ2n) is 5.37. The predicted octanol–water partition coefficient (Wildman–Crippen LogP) is 1.80. The summed E-state index contributed by atoms with van der Waals surface area (Å²) >= 11 is 0. The minimum absolute atomic E-state index is 0.102. The molecule has 2 rings (SSSR count). The summed E-state index contributed by atoms with van der Waals surface area (Å²) in [6.45, 7) is 0.161. The van der Waals surface area contributed by atoms with E-state index in [1.165, 1.54) is 18.2 Å². The summed E-state index contributed by atoms with van der Waals surface area (Å²) in [5.41, 5.74) is 0.184. The fourth-order valence-corrected chi connectivity index (χ4v) is 4.05. The number of aliphatic hydroxyl groups excluding tert-OH is 1. The molecule has 0 heterocycles. The fourth-order valence-electron chi connectivity index (χ4n) is 2.58. The van der Waals surface area contributed by atoms with E-state index in [4.69, 9.17) is 5.11 Å². The summed E-state index contributed by atoms with van der Waals surface area (Å²) < 4.78 is 40.2. The number of benzene rings is 1. The molecule has 4 nitrogen and oxygen atoms in total. The Bertz CT molecular complexity index is 539. The van der Waals surface area contributed by atoms with Gasteiger partial charge < -0.3 is 5.11 Å². The largest absolute Gasteiger partial charge is 0.396 e. The minimum atomic E-state index is -3.53. The summed E-state index contributed by atoms with van der Waals surface area (Å²) in [6.07, 6.45) is 3.09. The normalized spacial score (nSPS) is 23.7. The number of rotatable bonds is 5. The summed E-state index contributed by atoms with van der Waals surface area (Å²) in [5.74, 6) is -0.552. The van der Waals surface area contributed by atoms with Crippen molar-refractivity contribution >= 4 is 10.0 Å². The lowest BCUT2D eigenvalue weighted by Crippen LogP contribution is -2.38. The van der Waals surface area contributed by atoms with Crippen LogP contribution in [0.2, 0.25) is 0 Å². The number of halogens is 1. The van der Waals surface area contributed by atoms with Gasteiger partial charge in [-0.2, -0.15) is 0 Å². The molecule has 0 unspecified atom stereocenters. The van der Waals surface area contributed by atoms with Gasteiger partial charge in [0.05, 0.1) is 5.75 Å². The van der Waals surface area contributed by atoms with Gasteiger partial charge in [0, 0.05) is 18.2 Å². The molecule has 1 aromatic carbocycles. The van der Waals surface area contributed by atoms with Crippen LogP contribution < -0.4 is 4.72 Å². The van der Waals surface area contributed by atoms with Crippen molar-refractivity contribution in [2.45, 2.75) is 37.5 Å². The summed E-state index contributed by atoms with van der Waals surface area (Å²) in [4.78, 5) is 0. The molecule has 0 radical (unpaired) electrons. The van der Waals surface area contributed by atoms with Crippen LogP contribution in [0.3, 0.4) is 0 Å². The standard InChI is InChI=1S/C14H20FNO3S/c15-14-4-2-1-3-12(14)10-20(18,19)16-13-7-5-11(9-17)6-8-13/h1-4,11,13,16-17H,5-10H2. The predicted molar refractivity (Wildman–Crippen MR) is 75.0 cm³/mol. The molecule has 1 aliphatic carbocycles. The highest BCUT2D eigenvalue weighted by molar-refractivity contribution is 7.88. The molecule has 0 bridgehead atoms. The van der Waals surface area contributed by atoms with E-state index in [-0.39, 0.29) is 29.9 Å². The van der Waals surface area contributed by atoms with Gasteiger partial charge in [-0.1, -0.05) is 18.2 Å². The van der Waals surface area contributed by atoms with Crippen LogP contribution in [-0.2, 0) is 15.8 Å². The Hall–Kier alpha value is -0.980. The maximum Gasteiger partial charge on any atom is 0.216 e. The number of aliphatic hydroxyl groups is 1. The van der Waals surface area contributed by atoms with Crippen molar-refractivity contribution < 1.29 is 17.9 Å². The van der Waals surface area contributed by atoms with Gasteiger partial charge >= 0.3 is 0 Å². The number of hydrogen-bond donors (Lipinski definition) is 2. The van der Waals surface area contributed by atoms with E-state index in [9.17, 15) is 12.8 Å². The summed E-state index contributed by atoms with van der Waals surface area (Å²) in [6, 6.07) is 5.80. The Morgan fingerprint density at radius 3 is 2.45 bits per heavy atom. The molecule has 0 spiro atoms. The molecule has 0 amide bonds. The zero-order valence-electron chi connectivity index (χ0n) is 11.3. The molecule has 20 heavy (non-hydrogen) atoms. The first-order valence-electron chi connectivity index (χ1n) is 6.84. The van der Waals surface area contributed by atoms with Crippen molar-refractivity contribution in [3.63, 3.8) is 0 Å². The molecule has 0 atom stereocenters. The van der Waals surface area contributed by atoms with Crippen LogP contribution in [-0.4, -0.2) is 26.2 Å². The van der Waals surface area contributed by atoms with E-state index in [1.54, 1.807) is 6.07 Å². The van der Waals surface area contributed by atoms with E-state index in [1.807, 2.05) is 0 Å². The quantitative estimate of drug-likeness (QED) is 0.871. The second-order valence-corrected chi connectivity index (χ2v) is 7.12. The van der Waals surface area contributed by atoms with E-state index < -0.39 is 15.8 Å². The average molecular weight is 301 g/mol. The number of sulfonamides is 1. The van der Waals surface area contributed by atoms with Gasteiger partial charge in [-0.05, 0) is 37.7 Å². The van der Waals surface area contributed by atoms with E-state index in [0.717, 1.165) is 25.7 Å². The van der Waals surface area contributed by atoms with Crippen molar-refractivity contribution in [3.05, 3.63) is 35.6 Å². The third-order valence-corrected chi connectivity index (χ3v) is 5.14. The van der Waals surface area contributed by atoms with Crippen molar-refractivity contribution in [2.24, 2.45) is 5.92 Å².